The fourth-order valence-electron chi connectivity index (χ4n) is 2.91. The minimum atomic E-state index is -0.537. The Labute approximate surface area is 139 Å². The Morgan fingerprint density at radius 1 is 1.00 bits per heavy atom. The molecule has 0 saturated heterocycles. The molecule has 0 spiro atoms. The van der Waals surface area contributed by atoms with E-state index >= 15 is 0 Å². The Kier molecular flexibility index (Phi) is 4.63. The molecule has 1 aliphatic rings. The van der Waals surface area contributed by atoms with Crippen molar-refractivity contribution in [3.05, 3.63) is 59.7 Å². The van der Waals surface area contributed by atoms with E-state index in [2.05, 4.69) is 29.6 Å². The highest BCUT2D eigenvalue weighted by Crippen LogP contribution is 2.44. The zero-order valence-electron chi connectivity index (χ0n) is 12.4. The Morgan fingerprint density at radius 2 is 1.57 bits per heavy atom. The quantitative estimate of drug-likeness (QED) is 0.851. The smallest absolute Gasteiger partial charge is 0.407 e. The van der Waals surface area contributed by atoms with Crippen LogP contribution in [0.3, 0.4) is 0 Å². The minimum Gasteiger partial charge on any atom is -0.449 e. The van der Waals surface area contributed by atoms with Gasteiger partial charge in [-0.25, -0.2) is 4.79 Å². The first-order chi connectivity index (χ1) is 11.2. The van der Waals surface area contributed by atoms with E-state index in [1.807, 2.05) is 24.3 Å². The molecule has 0 aliphatic heterocycles. The number of fused-ring (bicyclic) bond motifs is 3. The highest BCUT2D eigenvalue weighted by molar-refractivity contribution is 6.63. The van der Waals surface area contributed by atoms with Crippen molar-refractivity contribution in [3.63, 3.8) is 0 Å². The van der Waals surface area contributed by atoms with Crippen molar-refractivity contribution in [2.75, 3.05) is 13.2 Å². The van der Waals surface area contributed by atoms with Crippen LogP contribution in [0.5, 0.6) is 0 Å². The summed E-state index contributed by atoms with van der Waals surface area (Å²) >= 11 is 5.22. The summed E-state index contributed by atoms with van der Waals surface area (Å²) in [5, 5.41) is 2.04. The molecule has 0 heterocycles. The van der Waals surface area contributed by atoms with E-state index in [-0.39, 0.29) is 25.5 Å². The van der Waals surface area contributed by atoms with Gasteiger partial charge in [0.15, 0.2) is 0 Å². The molecule has 4 nitrogen and oxygen atoms in total. The monoisotopic (exact) mass is 329 g/mol. The maximum atomic E-state index is 11.7. The van der Waals surface area contributed by atoms with Crippen LogP contribution in [-0.4, -0.2) is 24.5 Å². The first-order valence-corrected chi connectivity index (χ1v) is 7.82. The molecular weight excluding hydrogens is 314 g/mol. The zero-order valence-corrected chi connectivity index (χ0v) is 13.2. The molecule has 0 atom stereocenters. The van der Waals surface area contributed by atoms with Gasteiger partial charge >= 0.3 is 6.09 Å². The van der Waals surface area contributed by atoms with Crippen LogP contribution in [-0.2, 0) is 9.53 Å². The summed E-state index contributed by atoms with van der Waals surface area (Å²) in [6.07, 6.45) is -0.448. The van der Waals surface area contributed by atoms with Crippen molar-refractivity contribution in [3.8, 4) is 11.1 Å². The van der Waals surface area contributed by atoms with Crippen LogP contribution in [0.15, 0.2) is 48.5 Å². The van der Waals surface area contributed by atoms with E-state index in [9.17, 15) is 9.59 Å². The SMILES string of the molecule is O=C(Cl)CCNC(=O)OCC1c2ccccc2-c2ccccc21. The molecule has 2 aromatic carbocycles. The Hall–Kier alpha value is -2.33. The van der Waals surface area contributed by atoms with Crippen LogP contribution in [0, 0.1) is 0 Å². The van der Waals surface area contributed by atoms with Crippen LogP contribution in [0.4, 0.5) is 4.79 Å². The standard InChI is InChI=1S/C18H16ClNO3/c19-17(21)9-10-20-18(22)23-11-16-14-7-3-1-5-12(14)13-6-2-4-8-15(13)16/h1-8,16H,9-11H2,(H,20,22). The van der Waals surface area contributed by atoms with Crippen LogP contribution < -0.4 is 5.32 Å². The van der Waals surface area contributed by atoms with Crippen LogP contribution in [0.1, 0.15) is 23.5 Å². The topological polar surface area (TPSA) is 55.4 Å². The van der Waals surface area contributed by atoms with Gasteiger partial charge in [0, 0.05) is 18.9 Å². The number of amides is 1. The molecule has 1 N–H and O–H groups in total. The average molecular weight is 330 g/mol. The maximum absolute atomic E-state index is 11.7. The second kappa shape index (κ2) is 6.84. The minimum absolute atomic E-state index is 0.0304. The summed E-state index contributed by atoms with van der Waals surface area (Å²) in [5.74, 6) is 0.0304. The maximum Gasteiger partial charge on any atom is 0.407 e. The number of ether oxygens (including phenoxy) is 1. The van der Waals surface area contributed by atoms with Crippen molar-refractivity contribution in [1.82, 2.24) is 5.32 Å². The van der Waals surface area contributed by atoms with Gasteiger partial charge in [0.2, 0.25) is 5.24 Å². The second-order valence-corrected chi connectivity index (χ2v) is 5.78. The summed E-state index contributed by atoms with van der Waals surface area (Å²) in [5.41, 5.74) is 4.70. The van der Waals surface area contributed by atoms with E-state index in [1.165, 1.54) is 11.1 Å². The van der Waals surface area contributed by atoms with Gasteiger partial charge in [-0.15, -0.1) is 0 Å². The molecule has 0 radical (unpaired) electrons. The fraction of sp³-hybridized carbons (Fsp3) is 0.222. The molecule has 0 aromatic heterocycles. The lowest BCUT2D eigenvalue weighted by Crippen LogP contribution is -2.27. The zero-order chi connectivity index (χ0) is 16.2. The van der Waals surface area contributed by atoms with E-state index in [4.69, 9.17) is 16.3 Å². The molecule has 0 unspecified atom stereocenters. The lowest BCUT2D eigenvalue weighted by Gasteiger charge is -2.14. The third kappa shape index (κ3) is 3.37. The number of benzene rings is 2. The van der Waals surface area contributed by atoms with E-state index < -0.39 is 11.3 Å². The number of hydrogen-bond acceptors (Lipinski definition) is 3. The molecule has 1 aliphatic carbocycles. The number of halogens is 1. The molecule has 0 bridgehead atoms. The lowest BCUT2D eigenvalue weighted by atomic mass is 9.98. The third-order valence-corrected chi connectivity index (χ3v) is 4.12. The third-order valence-electron chi connectivity index (χ3n) is 3.93. The first-order valence-electron chi connectivity index (χ1n) is 7.44. The molecule has 5 heteroatoms. The first kappa shape index (κ1) is 15.6. The van der Waals surface area contributed by atoms with Crippen LogP contribution >= 0.6 is 11.6 Å². The number of rotatable bonds is 5. The van der Waals surface area contributed by atoms with E-state index in [1.54, 1.807) is 0 Å². The number of nitrogens with one attached hydrogen (secondary N) is 1. The second-order valence-electron chi connectivity index (χ2n) is 5.36. The number of carbonyl (C=O) groups excluding carboxylic acids is 2. The average Bonchev–Trinajstić information content (AvgIpc) is 2.87. The lowest BCUT2D eigenvalue weighted by molar-refractivity contribution is -0.111. The summed E-state index contributed by atoms with van der Waals surface area (Å²) in [6, 6.07) is 16.3. The number of alkyl carbamates (subject to hydrolysis) is 1. The number of carbonyl (C=O) groups is 2. The Bertz CT molecular complexity index is 699. The van der Waals surface area contributed by atoms with Crippen LogP contribution in [0.2, 0.25) is 0 Å². The van der Waals surface area contributed by atoms with Gasteiger partial charge < -0.3 is 10.1 Å². The summed E-state index contributed by atoms with van der Waals surface area (Å²) in [7, 11) is 0. The van der Waals surface area contributed by atoms with Gasteiger partial charge in [-0.2, -0.15) is 0 Å². The van der Waals surface area contributed by atoms with Gasteiger partial charge in [-0.05, 0) is 33.9 Å². The van der Waals surface area contributed by atoms with Crippen molar-refractivity contribution < 1.29 is 14.3 Å². The van der Waals surface area contributed by atoms with Gasteiger partial charge in [0.25, 0.3) is 0 Å². The molecule has 2 aromatic rings. The highest BCUT2D eigenvalue weighted by Gasteiger charge is 2.28. The van der Waals surface area contributed by atoms with Gasteiger partial charge in [0.1, 0.15) is 6.61 Å². The van der Waals surface area contributed by atoms with Crippen LogP contribution in [0.25, 0.3) is 11.1 Å². The van der Waals surface area contributed by atoms with Gasteiger partial charge in [0.05, 0.1) is 0 Å². The predicted octanol–water partition coefficient (Wildman–Crippen LogP) is 3.68. The number of hydrogen-bond donors (Lipinski definition) is 1. The molecule has 0 fully saturated rings. The van der Waals surface area contributed by atoms with Gasteiger partial charge in [-0.3, -0.25) is 4.79 Å². The molecule has 23 heavy (non-hydrogen) atoms. The largest absolute Gasteiger partial charge is 0.449 e. The summed E-state index contributed by atoms with van der Waals surface area (Å²) in [4.78, 5) is 22.4. The molecule has 0 saturated carbocycles. The summed E-state index contributed by atoms with van der Waals surface area (Å²) in [6.45, 7) is 0.438. The predicted molar refractivity (Wildman–Crippen MR) is 88.5 cm³/mol. The Morgan fingerprint density at radius 3 is 2.13 bits per heavy atom. The van der Waals surface area contributed by atoms with Crippen molar-refractivity contribution in [2.45, 2.75) is 12.3 Å². The van der Waals surface area contributed by atoms with E-state index in [0.717, 1.165) is 11.1 Å². The van der Waals surface area contributed by atoms with E-state index in [0.29, 0.717) is 0 Å². The molecule has 3 rings (SSSR count). The van der Waals surface area contributed by atoms with Crippen molar-refractivity contribution >= 4 is 22.9 Å². The normalized spacial score (nSPS) is 12.4. The molecule has 1 amide bonds. The fourth-order valence-corrected chi connectivity index (χ4v) is 3.01. The highest BCUT2D eigenvalue weighted by atomic mass is 35.5. The van der Waals surface area contributed by atoms with Crippen molar-refractivity contribution in [2.24, 2.45) is 0 Å². The molecular formula is C18H16ClNO3. The van der Waals surface area contributed by atoms with Crippen molar-refractivity contribution in [1.29, 1.82) is 0 Å². The Balaban J connectivity index is 1.69. The van der Waals surface area contributed by atoms with Gasteiger partial charge in [-0.1, -0.05) is 48.5 Å². The molecule has 118 valence electrons. The summed E-state index contributed by atoms with van der Waals surface area (Å²) < 4.78 is 5.32.